The SMILES string of the molecule is CCCCCCCCCCC/C=C/CCCCCCCCCCC(=O)Cl. The highest BCUT2D eigenvalue weighted by atomic mass is 35.5. The lowest BCUT2D eigenvalue weighted by atomic mass is 10.1. The van der Waals surface area contributed by atoms with Crippen molar-refractivity contribution in [1.29, 1.82) is 0 Å². The molecule has 0 rings (SSSR count). The van der Waals surface area contributed by atoms with Crippen LogP contribution in [0.2, 0.25) is 0 Å². The first-order valence-corrected chi connectivity index (χ1v) is 12.0. The maximum absolute atomic E-state index is 10.6. The standard InChI is InChI=1S/C24H45ClO/c1-2-3-4-5-6-7-8-9-10-11-12-13-14-15-16-17-18-19-20-21-22-23-24(25)26/h12-13H,2-11,14-23H2,1H3/b13-12+. The van der Waals surface area contributed by atoms with Gasteiger partial charge in [0.15, 0.2) is 0 Å². The molecule has 154 valence electrons. The average molecular weight is 385 g/mol. The first-order chi connectivity index (χ1) is 12.8. The first kappa shape index (κ1) is 25.7. The number of halogens is 1. The molecule has 0 atom stereocenters. The van der Waals surface area contributed by atoms with Gasteiger partial charge in [-0.05, 0) is 43.7 Å². The number of allylic oxidation sites excluding steroid dienone is 2. The number of carbonyl (C=O) groups excluding carboxylic acids is 1. The van der Waals surface area contributed by atoms with E-state index in [-0.39, 0.29) is 5.24 Å². The molecule has 0 saturated carbocycles. The Labute approximate surface area is 169 Å². The topological polar surface area (TPSA) is 17.1 Å². The van der Waals surface area contributed by atoms with E-state index in [2.05, 4.69) is 19.1 Å². The van der Waals surface area contributed by atoms with Gasteiger partial charge in [0.1, 0.15) is 0 Å². The zero-order valence-electron chi connectivity index (χ0n) is 17.6. The summed E-state index contributed by atoms with van der Waals surface area (Å²) in [6.07, 6.45) is 30.7. The molecule has 0 bridgehead atoms. The van der Waals surface area contributed by atoms with Crippen molar-refractivity contribution in [3.63, 3.8) is 0 Å². The van der Waals surface area contributed by atoms with E-state index < -0.39 is 0 Å². The van der Waals surface area contributed by atoms with Crippen LogP contribution in [-0.2, 0) is 4.79 Å². The van der Waals surface area contributed by atoms with Gasteiger partial charge in [0, 0.05) is 6.42 Å². The van der Waals surface area contributed by atoms with Gasteiger partial charge in [-0.15, -0.1) is 0 Å². The minimum Gasteiger partial charge on any atom is -0.281 e. The quantitative estimate of drug-likeness (QED) is 0.109. The third-order valence-electron chi connectivity index (χ3n) is 5.14. The Morgan fingerprint density at radius 2 is 0.923 bits per heavy atom. The fourth-order valence-corrected chi connectivity index (χ4v) is 3.53. The molecule has 0 unspecified atom stereocenters. The van der Waals surface area contributed by atoms with Crippen LogP contribution in [0.5, 0.6) is 0 Å². The molecule has 0 aromatic heterocycles. The van der Waals surface area contributed by atoms with Crippen molar-refractivity contribution in [2.24, 2.45) is 0 Å². The predicted molar refractivity (Wildman–Crippen MR) is 118 cm³/mol. The van der Waals surface area contributed by atoms with Gasteiger partial charge in [-0.3, -0.25) is 4.79 Å². The summed E-state index contributed by atoms with van der Waals surface area (Å²) >= 11 is 5.32. The minimum atomic E-state index is -0.184. The highest BCUT2D eigenvalue weighted by Gasteiger charge is 1.96. The summed E-state index contributed by atoms with van der Waals surface area (Å²) in [5.41, 5.74) is 0. The number of unbranched alkanes of at least 4 members (excludes halogenated alkanes) is 17. The molecule has 1 nitrogen and oxygen atoms in total. The predicted octanol–water partition coefficient (Wildman–Crippen LogP) is 9.13. The van der Waals surface area contributed by atoms with E-state index in [0.717, 1.165) is 12.8 Å². The van der Waals surface area contributed by atoms with Crippen molar-refractivity contribution in [3.8, 4) is 0 Å². The Balaban J connectivity index is 3.07. The molecule has 0 heterocycles. The number of rotatable bonds is 21. The summed E-state index contributed by atoms with van der Waals surface area (Å²) in [4.78, 5) is 10.6. The Hall–Kier alpha value is -0.300. The summed E-state index contributed by atoms with van der Waals surface area (Å²) in [5.74, 6) is 0. The van der Waals surface area contributed by atoms with Crippen molar-refractivity contribution < 1.29 is 4.79 Å². The molecule has 0 aliphatic carbocycles. The van der Waals surface area contributed by atoms with Crippen LogP contribution in [0, 0.1) is 0 Å². The molecule has 0 amide bonds. The molecular weight excluding hydrogens is 340 g/mol. The molecular formula is C24H45ClO. The Morgan fingerprint density at radius 1 is 0.577 bits per heavy atom. The lowest BCUT2D eigenvalue weighted by Gasteiger charge is -2.01. The highest BCUT2D eigenvalue weighted by Crippen LogP contribution is 2.12. The van der Waals surface area contributed by atoms with Gasteiger partial charge < -0.3 is 0 Å². The maximum Gasteiger partial charge on any atom is 0.221 e. The van der Waals surface area contributed by atoms with Gasteiger partial charge in [-0.1, -0.05) is 109 Å². The first-order valence-electron chi connectivity index (χ1n) is 11.6. The molecule has 0 saturated heterocycles. The largest absolute Gasteiger partial charge is 0.281 e. The van der Waals surface area contributed by atoms with Gasteiger partial charge in [0.05, 0.1) is 0 Å². The van der Waals surface area contributed by atoms with Gasteiger partial charge in [0.2, 0.25) is 5.24 Å². The summed E-state index contributed by atoms with van der Waals surface area (Å²) in [6.45, 7) is 2.28. The number of hydrogen-bond acceptors (Lipinski definition) is 1. The van der Waals surface area contributed by atoms with Crippen LogP contribution >= 0.6 is 11.6 Å². The lowest BCUT2D eigenvalue weighted by Crippen LogP contribution is -1.86. The second-order valence-corrected chi connectivity index (χ2v) is 8.23. The Bertz CT molecular complexity index is 311. The normalized spacial score (nSPS) is 11.5. The van der Waals surface area contributed by atoms with Gasteiger partial charge in [-0.25, -0.2) is 0 Å². The zero-order valence-corrected chi connectivity index (χ0v) is 18.3. The van der Waals surface area contributed by atoms with Crippen molar-refractivity contribution in [2.45, 2.75) is 135 Å². The lowest BCUT2D eigenvalue weighted by molar-refractivity contribution is -0.111. The molecule has 0 aliphatic rings. The van der Waals surface area contributed by atoms with E-state index in [9.17, 15) is 4.79 Å². The molecule has 0 spiro atoms. The van der Waals surface area contributed by atoms with E-state index >= 15 is 0 Å². The molecule has 0 aliphatic heterocycles. The molecule has 26 heavy (non-hydrogen) atoms. The van der Waals surface area contributed by atoms with E-state index in [1.165, 1.54) is 109 Å². The molecule has 0 fully saturated rings. The molecule has 2 heteroatoms. The number of carbonyl (C=O) groups is 1. The fraction of sp³-hybridized carbons (Fsp3) is 0.875. The monoisotopic (exact) mass is 384 g/mol. The molecule has 0 aromatic carbocycles. The van der Waals surface area contributed by atoms with E-state index in [4.69, 9.17) is 11.6 Å². The van der Waals surface area contributed by atoms with Gasteiger partial charge in [-0.2, -0.15) is 0 Å². The molecule has 0 aromatic rings. The van der Waals surface area contributed by atoms with Crippen molar-refractivity contribution in [3.05, 3.63) is 12.2 Å². The molecule has 0 N–H and O–H groups in total. The maximum atomic E-state index is 10.6. The van der Waals surface area contributed by atoms with Crippen LogP contribution in [0.15, 0.2) is 12.2 Å². The summed E-state index contributed by atoms with van der Waals surface area (Å²) < 4.78 is 0. The van der Waals surface area contributed by atoms with Gasteiger partial charge in [0.25, 0.3) is 0 Å². The van der Waals surface area contributed by atoms with Crippen LogP contribution < -0.4 is 0 Å². The second-order valence-electron chi connectivity index (χ2n) is 7.81. The summed E-state index contributed by atoms with van der Waals surface area (Å²) in [5, 5.41) is -0.184. The smallest absolute Gasteiger partial charge is 0.221 e. The summed E-state index contributed by atoms with van der Waals surface area (Å²) in [7, 11) is 0. The van der Waals surface area contributed by atoms with E-state index in [1.807, 2.05) is 0 Å². The van der Waals surface area contributed by atoms with Crippen molar-refractivity contribution in [2.75, 3.05) is 0 Å². The highest BCUT2D eigenvalue weighted by molar-refractivity contribution is 6.63. The van der Waals surface area contributed by atoms with E-state index in [0.29, 0.717) is 6.42 Å². The van der Waals surface area contributed by atoms with Crippen LogP contribution in [-0.4, -0.2) is 5.24 Å². The third kappa shape index (κ3) is 23.7. The van der Waals surface area contributed by atoms with Crippen molar-refractivity contribution in [1.82, 2.24) is 0 Å². The number of hydrogen-bond donors (Lipinski definition) is 0. The van der Waals surface area contributed by atoms with E-state index in [1.54, 1.807) is 0 Å². The van der Waals surface area contributed by atoms with Crippen LogP contribution in [0.25, 0.3) is 0 Å². The molecule has 0 radical (unpaired) electrons. The summed E-state index contributed by atoms with van der Waals surface area (Å²) in [6, 6.07) is 0. The second kappa shape index (κ2) is 22.7. The Kier molecular flexibility index (Phi) is 22.5. The fourth-order valence-electron chi connectivity index (χ4n) is 3.40. The van der Waals surface area contributed by atoms with Crippen LogP contribution in [0.1, 0.15) is 135 Å². The Morgan fingerprint density at radius 3 is 1.31 bits per heavy atom. The van der Waals surface area contributed by atoms with Gasteiger partial charge >= 0.3 is 0 Å². The zero-order chi connectivity index (χ0) is 19.1. The minimum absolute atomic E-state index is 0.184. The van der Waals surface area contributed by atoms with Crippen LogP contribution in [0.3, 0.4) is 0 Å². The average Bonchev–Trinajstić information content (AvgIpc) is 2.62. The van der Waals surface area contributed by atoms with Crippen molar-refractivity contribution >= 4 is 16.8 Å². The third-order valence-corrected chi connectivity index (χ3v) is 5.32. The van der Waals surface area contributed by atoms with Crippen LogP contribution in [0.4, 0.5) is 0 Å².